The third-order valence-corrected chi connectivity index (χ3v) is 4.14. The summed E-state index contributed by atoms with van der Waals surface area (Å²) in [5.74, 6) is 0.599. The Morgan fingerprint density at radius 1 is 1.35 bits per heavy atom. The normalized spacial score (nSPS) is 18.7. The second-order valence-corrected chi connectivity index (χ2v) is 5.94. The first-order valence-corrected chi connectivity index (χ1v) is 7.83. The number of nitrogens with zero attached hydrogens (tertiary/aromatic N) is 3. The molecule has 0 amide bonds. The van der Waals surface area contributed by atoms with Crippen LogP contribution in [0.3, 0.4) is 0 Å². The second-order valence-electron chi connectivity index (χ2n) is 5.53. The van der Waals surface area contributed by atoms with E-state index in [9.17, 15) is 4.39 Å². The zero-order chi connectivity index (χ0) is 16.4. The molecule has 0 saturated carbocycles. The summed E-state index contributed by atoms with van der Waals surface area (Å²) in [5.41, 5.74) is 7.39. The SMILES string of the molecule is Cc1cc(N2CCCOCC2c2ccc(F)cc2Cl)nc(N)n1. The third-order valence-electron chi connectivity index (χ3n) is 3.81. The maximum absolute atomic E-state index is 13.4. The lowest BCUT2D eigenvalue weighted by Gasteiger charge is -2.31. The molecule has 1 fully saturated rings. The average Bonchev–Trinajstić information content (AvgIpc) is 2.72. The van der Waals surface area contributed by atoms with Gasteiger partial charge in [0.05, 0.1) is 12.6 Å². The van der Waals surface area contributed by atoms with E-state index in [0.717, 1.165) is 30.0 Å². The Labute approximate surface area is 139 Å². The molecule has 1 aromatic heterocycles. The molecule has 2 heterocycles. The third kappa shape index (κ3) is 3.54. The molecule has 1 saturated heterocycles. The zero-order valence-corrected chi connectivity index (χ0v) is 13.6. The van der Waals surface area contributed by atoms with Gasteiger partial charge in [0.1, 0.15) is 11.6 Å². The number of anilines is 2. The van der Waals surface area contributed by atoms with Gasteiger partial charge in [-0.05, 0) is 31.0 Å². The Kier molecular flexibility index (Phi) is 4.63. The molecule has 3 rings (SSSR count). The van der Waals surface area contributed by atoms with E-state index in [1.165, 1.54) is 12.1 Å². The highest BCUT2D eigenvalue weighted by atomic mass is 35.5. The quantitative estimate of drug-likeness (QED) is 0.912. The fourth-order valence-corrected chi connectivity index (χ4v) is 3.10. The molecule has 0 spiro atoms. The predicted octanol–water partition coefficient (Wildman–Crippen LogP) is 3.13. The Morgan fingerprint density at radius 3 is 2.91 bits per heavy atom. The van der Waals surface area contributed by atoms with E-state index in [4.69, 9.17) is 22.1 Å². The van der Waals surface area contributed by atoms with Crippen LogP contribution < -0.4 is 10.6 Å². The lowest BCUT2D eigenvalue weighted by molar-refractivity contribution is 0.134. The molecule has 0 radical (unpaired) electrons. The van der Waals surface area contributed by atoms with Crippen molar-refractivity contribution in [2.75, 3.05) is 30.4 Å². The number of hydrogen-bond acceptors (Lipinski definition) is 5. The van der Waals surface area contributed by atoms with Crippen LogP contribution in [-0.4, -0.2) is 29.7 Å². The summed E-state index contributed by atoms with van der Waals surface area (Å²) in [6.45, 7) is 3.73. The number of ether oxygens (including phenoxy) is 1. The summed E-state index contributed by atoms with van der Waals surface area (Å²) in [6.07, 6.45) is 0.859. The summed E-state index contributed by atoms with van der Waals surface area (Å²) in [7, 11) is 0. The number of nitrogens with two attached hydrogens (primary N) is 1. The van der Waals surface area contributed by atoms with Crippen molar-refractivity contribution in [1.29, 1.82) is 0 Å². The van der Waals surface area contributed by atoms with Crippen LogP contribution in [0.4, 0.5) is 16.2 Å². The van der Waals surface area contributed by atoms with E-state index in [2.05, 4.69) is 14.9 Å². The van der Waals surface area contributed by atoms with Gasteiger partial charge < -0.3 is 15.4 Å². The first kappa shape index (κ1) is 16.0. The van der Waals surface area contributed by atoms with Crippen molar-refractivity contribution in [3.05, 3.63) is 46.4 Å². The van der Waals surface area contributed by atoms with Crippen LogP contribution in [0, 0.1) is 12.7 Å². The molecule has 1 aliphatic rings. The fourth-order valence-electron chi connectivity index (χ4n) is 2.80. The Bertz CT molecular complexity index is 692. The van der Waals surface area contributed by atoms with Crippen LogP contribution in [0.15, 0.2) is 24.3 Å². The molecule has 2 aromatic rings. The van der Waals surface area contributed by atoms with E-state index >= 15 is 0 Å². The number of rotatable bonds is 2. The van der Waals surface area contributed by atoms with Gasteiger partial charge in [0, 0.05) is 29.9 Å². The number of benzene rings is 1. The van der Waals surface area contributed by atoms with E-state index in [1.54, 1.807) is 6.07 Å². The van der Waals surface area contributed by atoms with Crippen molar-refractivity contribution >= 4 is 23.4 Å². The first-order valence-electron chi connectivity index (χ1n) is 7.45. The van der Waals surface area contributed by atoms with Gasteiger partial charge in [-0.15, -0.1) is 0 Å². The molecule has 0 aliphatic carbocycles. The summed E-state index contributed by atoms with van der Waals surface area (Å²) >= 11 is 6.25. The lowest BCUT2D eigenvalue weighted by atomic mass is 10.1. The molecule has 1 aromatic carbocycles. The number of aryl methyl sites for hydroxylation is 1. The highest BCUT2D eigenvalue weighted by molar-refractivity contribution is 6.31. The van der Waals surface area contributed by atoms with Gasteiger partial charge >= 0.3 is 0 Å². The fraction of sp³-hybridized carbons (Fsp3) is 0.375. The van der Waals surface area contributed by atoms with Gasteiger partial charge in [0.25, 0.3) is 0 Å². The largest absolute Gasteiger partial charge is 0.379 e. The molecule has 1 unspecified atom stereocenters. The highest BCUT2D eigenvalue weighted by Crippen LogP contribution is 2.33. The van der Waals surface area contributed by atoms with Crippen molar-refractivity contribution in [2.45, 2.75) is 19.4 Å². The maximum Gasteiger partial charge on any atom is 0.222 e. The summed E-state index contributed by atoms with van der Waals surface area (Å²) in [6, 6.07) is 6.15. The summed E-state index contributed by atoms with van der Waals surface area (Å²) in [4.78, 5) is 10.5. The minimum absolute atomic E-state index is 0.153. The van der Waals surface area contributed by atoms with Crippen LogP contribution in [0.5, 0.6) is 0 Å². The smallest absolute Gasteiger partial charge is 0.222 e. The number of aromatic nitrogens is 2. The van der Waals surface area contributed by atoms with E-state index in [-0.39, 0.29) is 17.8 Å². The summed E-state index contributed by atoms with van der Waals surface area (Å²) in [5, 5.41) is 0.379. The van der Waals surface area contributed by atoms with E-state index in [0.29, 0.717) is 18.2 Å². The Morgan fingerprint density at radius 2 is 2.17 bits per heavy atom. The van der Waals surface area contributed by atoms with Crippen molar-refractivity contribution in [2.24, 2.45) is 0 Å². The molecule has 1 aliphatic heterocycles. The van der Waals surface area contributed by atoms with Gasteiger partial charge in [-0.2, -0.15) is 4.98 Å². The lowest BCUT2D eigenvalue weighted by Crippen LogP contribution is -2.32. The zero-order valence-electron chi connectivity index (χ0n) is 12.8. The van der Waals surface area contributed by atoms with Crippen LogP contribution in [0.1, 0.15) is 23.7 Å². The van der Waals surface area contributed by atoms with Gasteiger partial charge in [-0.1, -0.05) is 17.7 Å². The van der Waals surface area contributed by atoms with Gasteiger partial charge in [0.2, 0.25) is 5.95 Å². The molecule has 1 atom stereocenters. The van der Waals surface area contributed by atoms with E-state index < -0.39 is 0 Å². The molecule has 5 nitrogen and oxygen atoms in total. The van der Waals surface area contributed by atoms with Crippen molar-refractivity contribution in [1.82, 2.24) is 9.97 Å². The standard InChI is InChI=1S/C16H18ClFN4O/c1-10-7-15(21-16(19)20-10)22-5-2-6-23-9-14(22)12-4-3-11(18)8-13(12)17/h3-4,7-8,14H,2,5-6,9H2,1H3,(H2,19,20,21). The topological polar surface area (TPSA) is 64.3 Å². The number of nitrogen functional groups attached to an aromatic ring is 1. The second kappa shape index (κ2) is 6.68. The van der Waals surface area contributed by atoms with Crippen molar-refractivity contribution < 1.29 is 9.13 Å². The first-order chi connectivity index (χ1) is 11.0. The summed E-state index contributed by atoms with van der Waals surface area (Å²) < 4.78 is 19.0. The molecule has 0 bridgehead atoms. The highest BCUT2D eigenvalue weighted by Gasteiger charge is 2.27. The molecular weight excluding hydrogens is 319 g/mol. The Balaban J connectivity index is 2.03. The van der Waals surface area contributed by atoms with Gasteiger partial charge in [0.15, 0.2) is 0 Å². The van der Waals surface area contributed by atoms with E-state index in [1.807, 2.05) is 13.0 Å². The maximum atomic E-state index is 13.4. The number of hydrogen-bond donors (Lipinski definition) is 1. The van der Waals surface area contributed by atoms with Crippen LogP contribution in [0.25, 0.3) is 0 Å². The van der Waals surface area contributed by atoms with Crippen LogP contribution in [-0.2, 0) is 4.74 Å². The van der Waals surface area contributed by atoms with Crippen molar-refractivity contribution in [3.63, 3.8) is 0 Å². The Hall–Kier alpha value is -1.92. The van der Waals surface area contributed by atoms with Gasteiger partial charge in [-0.3, -0.25) is 0 Å². The van der Waals surface area contributed by atoms with Crippen LogP contribution >= 0.6 is 11.6 Å². The monoisotopic (exact) mass is 336 g/mol. The minimum Gasteiger partial charge on any atom is -0.379 e. The molecule has 122 valence electrons. The number of halogens is 2. The molecule has 2 N–H and O–H groups in total. The average molecular weight is 337 g/mol. The molecular formula is C16H18ClFN4O. The molecule has 23 heavy (non-hydrogen) atoms. The van der Waals surface area contributed by atoms with Gasteiger partial charge in [-0.25, -0.2) is 9.37 Å². The van der Waals surface area contributed by atoms with Crippen LogP contribution in [0.2, 0.25) is 5.02 Å². The predicted molar refractivity (Wildman–Crippen MR) is 88.1 cm³/mol. The minimum atomic E-state index is -0.359. The molecule has 7 heteroatoms. The van der Waals surface area contributed by atoms with Crippen molar-refractivity contribution in [3.8, 4) is 0 Å².